The normalized spacial score (nSPS) is 12.1. The summed E-state index contributed by atoms with van der Waals surface area (Å²) >= 11 is 0. The van der Waals surface area contributed by atoms with E-state index < -0.39 is 0 Å². The number of nitrogens with one attached hydrogen (secondary N) is 1. The Bertz CT molecular complexity index is 476. The predicted molar refractivity (Wildman–Crippen MR) is 82.3 cm³/mol. The van der Waals surface area contributed by atoms with Crippen LogP contribution in [0.15, 0.2) is 47.1 Å². The maximum Gasteiger partial charge on any atom is 0.119 e. The molecule has 1 aromatic carbocycles. The molecular weight excluding hydrogens is 250 g/mol. The van der Waals surface area contributed by atoms with Gasteiger partial charge in [0, 0.05) is 18.2 Å². The van der Waals surface area contributed by atoms with Crippen molar-refractivity contribution in [1.82, 2.24) is 0 Å². The molecule has 1 aromatic heterocycles. The monoisotopic (exact) mass is 273 g/mol. The van der Waals surface area contributed by atoms with Crippen molar-refractivity contribution in [2.24, 2.45) is 0 Å². The number of anilines is 1. The van der Waals surface area contributed by atoms with E-state index in [1.165, 1.54) is 0 Å². The minimum atomic E-state index is 0.405. The average molecular weight is 273 g/mol. The predicted octanol–water partition coefficient (Wildman–Crippen LogP) is 4.50. The standard InChI is InChI=1S/C17H23NO2/c1-3-12-19-17-10-7-15(8-11-17)18-14(2)6-9-16-5-4-13-20-16/h4-5,7-8,10-11,13-14,18H,3,6,9,12H2,1-2H3. The van der Waals surface area contributed by atoms with Gasteiger partial charge in [-0.2, -0.15) is 0 Å². The van der Waals surface area contributed by atoms with E-state index in [0.29, 0.717) is 6.04 Å². The van der Waals surface area contributed by atoms with Crippen LogP contribution in [0.25, 0.3) is 0 Å². The van der Waals surface area contributed by atoms with E-state index in [1.54, 1.807) is 6.26 Å². The zero-order valence-electron chi connectivity index (χ0n) is 12.3. The van der Waals surface area contributed by atoms with Crippen LogP contribution in [0.2, 0.25) is 0 Å². The molecule has 0 saturated carbocycles. The van der Waals surface area contributed by atoms with Gasteiger partial charge in [0.2, 0.25) is 0 Å². The number of hydrogen-bond donors (Lipinski definition) is 1. The number of hydrogen-bond acceptors (Lipinski definition) is 3. The molecule has 1 atom stereocenters. The molecule has 3 nitrogen and oxygen atoms in total. The van der Waals surface area contributed by atoms with Gasteiger partial charge in [-0.05, 0) is 56.2 Å². The van der Waals surface area contributed by atoms with E-state index in [-0.39, 0.29) is 0 Å². The number of ether oxygens (including phenoxy) is 1. The van der Waals surface area contributed by atoms with Gasteiger partial charge in [-0.15, -0.1) is 0 Å². The summed E-state index contributed by atoms with van der Waals surface area (Å²) in [6.45, 7) is 5.06. The maximum atomic E-state index is 5.57. The van der Waals surface area contributed by atoms with Gasteiger partial charge in [0.05, 0.1) is 12.9 Å². The molecule has 2 aromatic rings. The van der Waals surface area contributed by atoms with Crippen molar-refractivity contribution in [2.45, 2.75) is 39.2 Å². The smallest absolute Gasteiger partial charge is 0.119 e. The third kappa shape index (κ3) is 4.65. The Morgan fingerprint density at radius 2 is 2.00 bits per heavy atom. The molecule has 20 heavy (non-hydrogen) atoms. The van der Waals surface area contributed by atoms with Crippen LogP contribution in [0, 0.1) is 0 Å². The van der Waals surface area contributed by atoms with E-state index in [1.807, 2.05) is 24.3 Å². The summed E-state index contributed by atoms with van der Waals surface area (Å²) < 4.78 is 10.9. The molecule has 0 aliphatic rings. The highest BCUT2D eigenvalue weighted by Gasteiger charge is 2.04. The fourth-order valence-corrected chi connectivity index (χ4v) is 2.04. The quantitative estimate of drug-likeness (QED) is 0.769. The average Bonchev–Trinajstić information content (AvgIpc) is 2.98. The van der Waals surface area contributed by atoms with Gasteiger partial charge in [0.1, 0.15) is 11.5 Å². The first-order valence-corrected chi connectivity index (χ1v) is 7.29. The molecule has 0 amide bonds. The molecular formula is C17H23NO2. The van der Waals surface area contributed by atoms with Crippen molar-refractivity contribution >= 4 is 5.69 Å². The Labute approximate surface area is 121 Å². The molecule has 0 aliphatic heterocycles. The first-order chi connectivity index (χ1) is 9.78. The summed E-state index contributed by atoms with van der Waals surface area (Å²) in [6, 6.07) is 12.5. The molecule has 0 spiro atoms. The van der Waals surface area contributed by atoms with Crippen LogP contribution < -0.4 is 10.1 Å². The Morgan fingerprint density at radius 1 is 1.20 bits per heavy atom. The fraction of sp³-hybridized carbons (Fsp3) is 0.412. The van der Waals surface area contributed by atoms with E-state index in [9.17, 15) is 0 Å². The number of aryl methyl sites for hydroxylation is 1. The highest BCUT2D eigenvalue weighted by Crippen LogP contribution is 2.17. The second-order valence-corrected chi connectivity index (χ2v) is 5.04. The van der Waals surface area contributed by atoms with Crippen LogP contribution in [-0.4, -0.2) is 12.6 Å². The molecule has 1 N–H and O–H groups in total. The van der Waals surface area contributed by atoms with Crippen molar-refractivity contribution in [3.63, 3.8) is 0 Å². The lowest BCUT2D eigenvalue weighted by Gasteiger charge is -2.15. The summed E-state index contributed by atoms with van der Waals surface area (Å²) in [5.41, 5.74) is 1.13. The topological polar surface area (TPSA) is 34.4 Å². The van der Waals surface area contributed by atoms with E-state index in [2.05, 4.69) is 31.3 Å². The minimum absolute atomic E-state index is 0.405. The Morgan fingerprint density at radius 3 is 2.65 bits per heavy atom. The minimum Gasteiger partial charge on any atom is -0.494 e. The van der Waals surface area contributed by atoms with Crippen LogP contribution in [-0.2, 0) is 6.42 Å². The number of furan rings is 1. The number of benzene rings is 1. The van der Waals surface area contributed by atoms with Gasteiger partial charge in [0.15, 0.2) is 0 Å². The lowest BCUT2D eigenvalue weighted by molar-refractivity contribution is 0.317. The summed E-state index contributed by atoms with van der Waals surface area (Å²) in [6.07, 6.45) is 4.76. The SMILES string of the molecule is CCCOc1ccc(NC(C)CCc2ccco2)cc1. The van der Waals surface area contributed by atoms with Crippen LogP contribution >= 0.6 is 0 Å². The van der Waals surface area contributed by atoms with Gasteiger partial charge in [-0.1, -0.05) is 6.92 Å². The summed E-state index contributed by atoms with van der Waals surface area (Å²) in [5.74, 6) is 1.97. The van der Waals surface area contributed by atoms with Gasteiger partial charge in [0.25, 0.3) is 0 Å². The maximum absolute atomic E-state index is 5.57. The second-order valence-electron chi connectivity index (χ2n) is 5.04. The van der Waals surface area contributed by atoms with Crippen LogP contribution in [0.1, 0.15) is 32.4 Å². The molecule has 0 aliphatic carbocycles. The first kappa shape index (κ1) is 14.5. The zero-order valence-corrected chi connectivity index (χ0v) is 12.3. The third-order valence-corrected chi connectivity index (χ3v) is 3.14. The lowest BCUT2D eigenvalue weighted by atomic mass is 10.1. The van der Waals surface area contributed by atoms with Crippen molar-refractivity contribution in [3.05, 3.63) is 48.4 Å². The van der Waals surface area contributed by atoms with Gasteiger partial charge in [-0.3, -0.25) is 0 Å². The Hall–Kier alpha value is -1.90. The van der Waals surface area contributed by atoms with Crippen LogP contribution in [0.5, 0.6) is 5.75 Å². The highest BCUT2D eigenvalue weighted by atomic mass is 16.5. The zero-order chi connectivity index (χ0) is 14.2. The molecule has 1 unspecified atom stereocenters. The summed E-state index contributed by atoms with van der Waals surface area (Å²) in [5, 5.41) is 3.49. The second kappa shape index (κ2) is 7.63. The highest BCUT2D eigenvalue weighted by molar-refractivity contribution is 5.46. The molecule has 108 valence electrons. The fourth-order valence-electron chi connectivity index (χ4n) is 2.04. The van der Waals surface area contributed by atoms with E-state index >= 15 is 0 Å². The molecule has 0 saturated heterocycles. The Kier molecular flexibility index (Phi) is 5.54. The van der Waals surface area contributed by atoms with Crippen LogP contribution in [0.4, 0.5) is 5.69 Å². The molecule has 2 rings (SSSR count). The molecule has 0 radical (unpaired) electrons. The van der Waals surface area contributed by atoms with Gasteiger partial charge < -0.3 is 14.5 Å². The number of rotatable bonds is 8. The molecule has 0 bridgehead atoms. The van der Waals surface area contributed by atoms with Crippen molar-refractivity contribution in [2.75, 3.05) is 11.9 Å². The molecule has 0 fully saturated rings. The van der Waals surface area contributed by atoms with Crippen molar-refractivity contribution < 1.29 is 9.15 Å². The van der Waals surface area contributed by atoms with Gasteiger partial charge >= 0.3 is 0 Å². The Balaban J connectivity index is 1.77. The third-order valence-electron chi connectivity index (χ3n) is 3.14. The largest absolute Gasteiger partial charge is 0.494 e. The first-order valence-electron chi connectivity index (χ1n) is 7.29. The van der Waals surface area contributed by atoms with Crippen molar-refractivity contribution in [1.29, 1.82) is 0 Å². The summed E-state index contributed by atoms with van der Waals surface area (Å²) in [4.78, 5) is 0. The van der Waals surface area contributed by atoms with E-state index in [4.69, 9.17) is 9.15 Å². The summed E-state index contributed by atoms with van der Waals surface area (Å²) in [7, 11) is 0. The van der Waals surface area contributed by atoms with E-state index in [0.717, 1.165) is 43.1 Å². The van der Waals surface area contributed by atoms with Gasteiger partial charge in [-0.25, -0.2) is 0 Å². The molecule has 1 heterocycles. The van der Waals surface area contributed by atoms with Crippen molar-refractivity contribution in [3.8, 4) is 5.75 Å². The van der Waals surface area contributed by atoms with Crippen LogP contribution in [0.3, 0.4) is 0 Å². The lowest BCUT2D eigenvalue weighted by Crippen LogP contribution is -2.15. The molecule has 3 heteroatoms.